The Labute approximate surface area is 159 Å². The van der Waals surface area contributed by atoms with Crippen LogP contribution in [0.1, 0.15) is 24.8 Å². The molecule has 1 fully saturated rings. The molecule has 148 valence electrons. The lowest BCUT2D eigenvalue weighted by Gasteiger charge is -2.26. The first kappa shape index (κ1) is 19.3. The van der Waals surface area contributed by atoms with Crippen LogP contribution in [-0.2, 0) is 11.3 Å². The van der Waals surface area contributed by atoms with Gasteiger partial charge in [-0.2, -0.15) is 0 Å². The third-order valence-electron chi connectivity index (χ3n) is 4.89. The molecule has 3 rings (SSSR count). The summed E-state index contributed by atoms with van der Waals surface area (Å²) in [6.45, 7) is 3.00. The number of hydrogen-bond acceptors (Lipinski definition) is 5. The number of carbonyl (C=O) groups excluding carboxylic acids is 2. The first-order chi connectivity index (χ1) is 13.0. The van der Waals surface area contributed by atoms with Gasteiger partial charge in [0, 0.05) is 33.7 Å². The Balaban J connectivity index is 1.33. The maximum absolute atomic E-state index is 12.2. The zero-order valence-corrected chi connectivity index (χ0v) is 16.0. The van der Waals surface area contributed by atoms with E-state index < -0.39 is 0 Å². The number of nitrogens with zero attached hydrogens (tertiary/aromatic N) is 2. The van der Waals surface area contributed by atoms with Crippen molar-refractivity contribution in [3.63, 3.8) is 0 Å². The van der Waals surface area contributed by atoms with E-state index >= 15 is 0 Å². The fraction of sp³-hybridized carbons (Fsp3) is 0.579. The maximum Gasteiger partial charge on any atom is 0.315 e. The van der Waals surface area contributed by atoms with E-state index in [-0.39, 0.29) is 24.8 Å². The number of likely N-dealkylation sites (N-methyl/N-ethyl adjacent to an activating group) is 1. The first-order valence-electron chi connectivity index (χ1n) is 9.40. The zero-order valence-electron chi connectivity index (χ0n) is 16.0. The lowest BCUT2D eigenvalue weighted by atomic mass is 10.2. The third kappa shape index (κ3) is 5.03. The summed E-state index contributed by atoms with van der Waals surface area (Å²) in [6.07, 6.45) is 2.78. The molecule has 8 heteroatoms. The highest BCUT2D eigenvalue weighted by molar-refractivity contribution is 5.81. The van der Waals surface area contributed by atoms with Crippen molar-refractivity contribution in [3.05, 3.63) is 23.8 Å². The summed E-state index contributed by atoms with van der Waals surface area (Å²) in [4.78, 5) is 28.0. The number of carbonyl (C=O) groups is 2. The van der Waals surface area contributed by atoms with E-state index in [0.717, 1.165) is 43.7 Å². The Kier molecular flexibility index (Phi) is 6.39. The summed E-state index contributed by atoms with van der Waals surface area (Å²) < 4.78 is 10.6. The number of fused-ring (bicyclic) bond motifs is 1. The van der Waals surface area contributed by atoms with Gasteiger partial charge >= 0.3 is 6.03 Å². The number of rotatable bonds is 7. The van der Waals surface area contributed by atoms with Crippen molar-refractivity contribution in [3.8, 4) is 11.5 Å². The molecule has 0 saturated carbocycles. The van der Waals surface area contributed by atoms with Crippen molar-refractivity contribution in [2.75, 3.05) is 40.5 Å². The molecule has 1 aromatic carbocycles. The Hall–Kier alpha value is -2.48. The number of urea groups is 1. The smallest absolute Gasteiger partial charge is 0.315 e. The van der Waals surface area contributed by atoms with Crippen molar-refractivity contribution >= 4 is 11.9 Å². The molecule has 2 heterocycles. The minimum Gasteiger partial charge on any atom is -0.454 e. The van der Waals surface area contributed by atoms with Crippen LogP contribution in [0.2, 0.25) is 0 Å². The van der Waals surface area contributed by atoms with Gasteiger partial charge in [0.05, 0.1) is 6.04 Å². The molecule has 0 bridgehead atoms. The molecule has 0 aromatic heterocycles. The number of benzene rings is 1. The monoisotopic (exact) mass is 376 g/mol. The molecule has 1 saturated heterocycles. The second-order valence-electron chi connectivity index (χ2n) is 7.08. The highest BCUT2D eigenvalue weighted by Crippen LogP contribution is 2.32. The van der Waals surface area contributed by atoms with Crippen LogP contribution in [0.5, 0.6) is 11.5 Å². The van der Waals surface area contributed by atoms with E-state index in [9.17, 15) is 9.59 Å². The molecular formula is C19H28N4O4. The van der Waals surface area contributed by atoms with Gasteiger partial charge < -0.3 is 25.0 Å². The Morgan fingerprint density at radius 1 is 1.22 bits per heavy atom. The molecule has 0 unspecified atom stereocenters. The fourth-order valence-corrected chi connectivity index (χ4v) is 3.45. The molecule has 2 N–H and O–H groups in total. The average Bonchev–Trinajstić information content (AvgIpc) is 3.31. The second-order valence-corrected chi connectivity index (χ2v) is 7.08. The van der Waals surface area contributed by atoms with Gasteiger partial charge in [-0.15, -0.1) is 0 Å². The Morgan fingerprint density at radius 3 is 2.85 bits per heavy atom. The van der Waals surface area contributed by atoms with Crippen molar-refractivity contribution < 1.29 is 19.1 Å². The van der Waals surface area contributed by atoms with Crippen molar-refractivity contribution in [1.29, 1.82) is 0 Å². The highest BCUT2D eigenvalue weighted by atomic mass is 16.7. The average molecular weight is 376 g/mol. The van der Waals surface area contributed by atoms with Crippen molar-refractivity contribution in [1.82, 2.24) is 20.4 Å². The van der Waals surface area contributed by atoms with Gasteiger partial charge in [0.25, 0.3) is 0 Å². The SMILES string of the molecule is CN(C)C(=O)[C@@H]1CCCN1CCCNC(=O)NCc1ccc2c(c1)OCO2. The van der Waals surface area contributed by atoms with Crippen LogP contribution in [0.4, 0.5) is 4.79 Å². The van der Waals surface area contributed by atoms with Gasteiger partial charge in [0.1, 0.15) is 0 Å². The first-order valence-corrected chi connectivity index (χ1v) is 9.40. The van der Waals surface area contributed by atoms with Gasteiger partial charge in [-0.1, -0.05) is 6.07 Å². The van der Waals surface area contributed by atoms with E-state index in [0.29, 0.717) is 18.8 Å². The number of hydrogen-bond donors (Lipinski definition) is 2. The number of amides is 3. The quantitative estimate of drug-likeness (QED) is 0.698. The summed E-state index contributed by atoms with van der Waals surface area (Å²) in [7, 11) is 3.59. The molecule has 0 radical (unpaired) electrons. The van der Waals surface area contributed by atoms with Crippen molar-refractivity contribution in [2.45, 2.75) is 31.8 Å². The van der Waals surface area contributed by atoms with Crippen LogP contribution in [0, 0.1) is 0 Å². The minimum absolute atomic E-state index is 0.0140. The number of likely N-dealkylation sites (tertiary alicyclic amines) is 1. The van der Waals surface area contributed by atoms with E-state index in [1.807, 2.05) is 18.2 Å². The fourth-order valence-electron chi connectivity index (χ4n) is 3.45. The summed E-state index contributed by atoms with van der Waals surface area (Å²) in [5.74, 6) is 1.61. The topological polar surface area (TPSA) is 83.1 Å². The molecule has 0 spiro atoms. The summed E-state index contributed by atoms with van der Waals surface area (Å²) in [5.41, 5.74) is 0.955. The minimum atomic E-state index is -0.199. The summed E-state index contributed by atoms with van der Waals surface area (Å²) in [6, 6.07) is 5.41. The summed E-state index contributed by atoms with van der Waals surface area (Å²) in [5, 5.41) is 5.71. The van der Waals surface area contributed by atoms with E-state index in [1.54, 1.807) is 19.0 Å². The third-order valence-corrected chi connectivity index (χ3v) is 4.89. The number of ether oxygens (including phenoxy) is 2. The lowest BCUT2D eigenvalue weighted by molar-refractivity contribution is -0.133. The second kappa shape index (κ2) is 8.94. The Morgan fingerprint density at radius 2 is 2.04 bits per heavy atom. The van der Waals surface area contributed by atoms with Crippen LogP contribution in [0.25, 0.3) is 0 Å². The molecule has 8 nitrogen and oxygen atoms in total. The van der Waals surface area contributed by atoms with Crippen molar-refractivity contribution in [2.24, 2.45) is 0 Å². The predicted octanol–water partition coefficient (Wildman–Crippen LogP) is 1.16. The standard InChI is InChI=1S/C19H28N4O4/c1-22(2)18(24)15-5-3-9-23(15)10-4-8-20-19(25)21-12-14-6-7-16-17(11-14)27-13-26-16/h6-7,11,15H,3-5,8-10,12-13H2,1-2H3,(H2,20,21,25)/t15-/m0/s1. The molecule has 1 aromatic rings. The van der Waals surface area contributed by atoms with Crippen LogP contribution in [0.15, 0.2) is 18.2 Å². The van der Waals surface area contributed by atoms with Gasteiger partial charge in [-0.05, 0) is 43.5 Å². The molecule has 2 aliphatic rings. The van der Waals surface area contributed by atoms with E-state index in [4.69, 9.17) is 9.47 Å². The highest BCUT2D eigenvalue weighted by Gasteiger charge is 2.30. The normalized spacial score (nSPS) is 18.4. The lowest BCUT2D eigenvalue weighted by Crippen LogP contribution is -2.43. The molecule has 2 aliphatic heterocycles. The molecular weight excluding hydrogens is 348 g/mol. The molecule has 1 atom stereocenters. The molecule has 0 aliphatic carbocycles. The van der Waals surface area contributed by atoms with Crippen LogP contribution in [0.3, 0.4) is 0 Å². The maximum atomic E-state index is 12.2. The van der Waals surface area contributed by atoms with E-state index in [1.165, 1.54) is 0 Å². The molecule has 3 amide bonds. The Bertz CT molecular complexity index is 680. The van der Waals surface area contributed by atoms with Gasteiger partial charge in [0.2, 0.25) is 12.7 Å². The summed E-state index contributed by atoms with van der Waals surface area (Å²) >= 11 is 0. The van der Waals surface area contributed by atoms with Gasteiger partial charge in [-0.25, -0.2) is 4.79 Å². The van der Waals surface area contributed by atoms with Gasteiger partial charge in [0.15, 0.2) is 11.5 Å². The van der Waals surface area contributed by atoms with Crippen LogP contribution in [-0.4, -0.2) is 68.3 Å². The van der Waals surface area contributed by atoms with Crippen LogP contribution >= 0.6 is 0 Å². The zero-order chi connectivity index (χ0) is 19.2. The van der Waals surface area contributed by atoms with Gasteiger partial charge in [-0.3, -0.25) is 9.69 Å². The molecule has 27 heavy (non-hydrogen) atoms. The number of nitrogens with one attached hydrogen (secondary N) is 2. The van der Waals surface area contributed by atoms with Crippen LogP contribution < -0.4 is 20.1 Å². The van der Waals surface area contributed by atoms with E-state index in [2.05, 4.69) is 15.5 Å². The largest absolute Gasteiger partial charge is 0.454 e. The predicted molar refractivity (Wildman–Crippen MR) is 101 cm³/mol.